The fourth-order valence-electron chi connectivity index (χ4n) is 4.94. The first kappa shape index (κ1) is 20.6. The van der Waals surface area contributed by atoms with Crippen LogP contribution in [0.1, 0.15) is 29.3 Å². The maximum Gasteiger partial charge on any atom is 0.226 e. The van der Waals surface area contributed by atoms with Gasteiger partial charge in [-0.1, -0.05) is 11.6 Å². The number of hydrogen-bond acceptors (Lipinski definition) is 8. The molecule has 2 aliphatic heterocycles. The summed E-state index contributed by atoms with van der Waals surface area (Å²) in [6.45, 7) is 5.62. The maximum absolute atomic E-state index is 13.0. The van der Waals surface area contributed by atoms with E-state index in [2.05, 4.69) is 44.7 Å². The number of aryl methyl sites for hydroxylation is 1. The third kappa shape index (κ3) is 3.85. The number of ether oxygens (including phenoxy) is 1. The number of morpholine rings is 1. The molecule has 1 aliphatic carbocycles. The molecule has 6 rings (SSSR count). The summed E-state index contributed by atoms with van der Waals surface area (Å²) in [6, 6.07) is 2.10. The van der Waals surface area contributed by atoms with Gasteiger partial charge in [0, 0.05) is 36.0 Å². The van der Waals surface area contributed by atoms with E-state index in [-0.39, 0.29) is 11.8 Å². The first-order chi connectivity index (χ1) is 16.2. The lowest BCUT2D eigenvalue weighted by Crippen LogP contribution is -2.44. The molecule has 1 fully saturated rings. The van der Waals surface area contributed by atoms with Crippen LogP contribution in [0.3, 0.4) is 0 Å². The van der Waals surface area contributed by atoms with E-state index in [0.29, 0.717) is 26.3 Å². The van der Waals surface area contributed by atoms with E-state index in [9.17, 15) is 4.79 Å². The van der Waals surface area contributed by atoms with Crippen molar-refractivity contribution in [3.8, 4) is 0 Å². The van der Waals surface area contributed by atoms with E-state index < -0.39 is 0 Å². The molecule has 33 heavy (non-hydrogen) atoms. The summed E-state index contributed by atoms with van der Waals surface area (Å²) in [5, 5.41) is 7.90. The van der Waals surface area contributed by atoms with E-state index >= 15 is 0 Å². The molecule has 2 N–H and O–H groups in total. The smallest absolute Gasteiger partial charge is 0.226 e. The number of pyridine rings is 1. The molecule has 1 unspecified atom stereocenters. The van der Waals surface area contributed by atoms with Gasteiger partial charge in [-0.25, -0.2) is 15.0 Å². The van der Waals surface area contributed by atoms with Gasteiger partial charge in [-0.2, -0.15) is 0 Å². The van der Waals surface area contributed by atoms with Crippen LogP contribution in [0.15, 0.2) is 24.2 Å². The van der Waals surface area contributed by atoms with E-state index in [1.54, 1.807) is 17.7 Å². The number of nitrogens with one attached hydrogen (secondary N) is 2. The van der Waals surface area contributed by atoms with Gasteiger partial charge in [0.05, 0.1) is 30.5 Å². The SMILES string of the molecule is CC1=Cc2cc(Nc3ncnc4sc5c(c34)CCC(C(=O)N3CCOCC3)C5)cnc2NC1. The number of carbonyl (C=O) groups is 1. The fourth-order valence-corrected chi connectivity index (χ4v) is 6.21. The molecular formula is C24H26N6O2S. The summed E-state index contributed by atoms with van der Waals surface area (Å²) >= 11 is 1.69. The van der Waals surface area contributed by atoms with Gasteiger partial charge in [0.1, 0.15) is 22.8 Å². The number of fused-ring (bicyclic) bond motifs is 4. The van der Waals surface area contributed by atoms with Crippen molar-refractivity contribution in [3.63, 3.8) is 0 Å². The van der Waals surface area contributed by atoms with E-state index in [1.165, 1.54) is 16.0 Å². The van der Waals surface area contributed by atoms with Crippen LogP contribution in [0, 0.1) is 5.92 Å². The average Bonchev–Trinajstić information content (AvgIpc) is 3.22. The number of thiophene rings is 1. The molecule has 0 saturated carbocycles. The summed E-state index contributed by atoms with van der Waals surface area (Å²) in [6.07, 6.45) is 8.12. The third-order valence-electron chi connectivity index (χ3n) is 6.63. The lowest BCUT2D eigenvalue weighted by Gasteiger charge is -2.31. The van der Waals surface area contributed by atoms with Gasteiger partial charge >= 0.3 is 0 Å². The minimum absolute atomic E-state index is 0.0420. The monoisotopic (exact) mass is 462 g/mol. The Hall–Kier alpha value is -3.04. The largest absolute Gasteiger partial charge is 0.378 e. The number of rotatable bonds is 3. The Kier molecular flexibility index (Phi) is 5.22. The fraction of sp³-hybridized carbons (Fsp3) is 0.417. The molecule has 8 nitrogen and oxygen atoms in total. The predicted molar refractivity (Wildman–Crippen MR) is 130 cm³/mol. The van der Waals surface area contributed by atoms with Crippen LogP contribution in [0.25, 0.3) is 16.3 Å². The van der Waals surface area contributed by atoms with Crippen molar-refractivity contribution in [2.45, 2.75) is 26.2 Å². The molecule has 0 spiro atoms. The quantitative estimate of drug-likeness (QED) is 0.614. The van der Waals surface area contributed by atoms with Crippen molar-refractivity contribution in [1.29, 1.82) is 0 Å². The van der Waals surface area contributed by atoms with Crippen LogP contribution >= 0.6 is 11.3 Å². The van der Waals surface area contributed by atoms with Gasteiger partial charge in [-0.15, -0.1) is 11.3 Å². The van der Waals surface area contributed by atoms with Crippen LogP contribution in [-0.2, 0) is 22.4 Å². The molecule has 3 aromatic rings. The number of aromatic nitrogens is 3. The minimum Gasteiger partial charge on any atom is -0.378 e. The first-order valence-electron chi connectivity index (χ1n) is 11.5. The van der Waals surface area contributed by atoms with Crippen molar-refractivity contribution in [1.82, 2.24) is 19.9 Å². The summed E-state index contributed by atoms with van der Waals surface area (Å²) < 4.78 is 5.41. The molecule has 1 saturated heterocycles. The second kappa shape index (κ2) is 8.39. The first-order valence-corrected chi connectivity index (χ1v) is 12.3. The van der Waals surface area contributed by atoms with Crippen molar-refractivity contribution in [2.75, 3.05) is 43.5 Å². The number of carbonyl (C=O) groups excluding carboxylic acids is 1. The van der Waals surface area contributed by atoms with Crippen molar-refractivity contribution >= 4 is 50.9 Å². The second-order valence-corrected chi connectivity index (χ2v) is 10.00. The van der Waals surface area contributed by atoms with Crippen molar-refractivity contribution < 1.29 is 9.53 Å². The van der Waals surface area contributed by atoms with E-state index in [4.69, 9.17) is 4.74 Å². The number of amides is 1. The Morgan fingerprint density at radius 2 is 2.15 bits per heavy atom. The summed E-state index contributed by atoms with van der Waals surface area (Å²) in [4.78, 5) is 30.9. The molecule has 1 atom stereocenters. The minimum atomic E-state index is 0.0420. The van der Waals surface area contributed by atoms with E-state index in [0.717, 1.165) is 58.9 Å². The Morgan fingerprint density at radius 3 is 3.03 bits per heavy atom. The lowest BCUT2D eigenvalue weighted by atomic mass is 9.86. The summed E-state index contributed by atoms with van der Waals surface area (Å²) in [5.74, 6) is 2.02. The molecule has 0 bridgehead atoms. The second-order valence-electron chi connectivity index (χ2n) is 8.91. The van der Waals surface area contributed by atoms with Gasteiger partial charge in [0.2, 0.25) is 5.91 Å². The zero-order valence-electron chi connectivity index (χ0n) is 18.6. The Morgan fingerprint density at radius 1 is 1.27 bits per heavy atom. The molecule has 9 heteroatoms. The molecule has 3 aliphatic rings. The van der Waals surface area contributed by atoms with Gasteiger partial charge in [0.25, 0.3) is 0 Å². The topological polar surface area (TPSA) is 92.3 Å². The normalized spacial score (nSPS) is 20.0. The van der Waals surface area contributed by atoms with Crippen LogP contribution < -0.4 is 10.6 Å². The molecule has 3 aromatic heterocycles. The Bertz CT molecular complexity index is 1260. The highest BCUT2D eigenvalue weighted by Crippen LogP contribution is 2.41. The van der Waals surface area contributed by atoms with Gasteiger partial charge in [0.15, 0.2) is 0 Å². The molecule has 170 valence electrons. The highest BCUT2D eigenvalue weighted by Gasteiger charge is 2.32. The summed E-state index contributed by atoms with van der Waals surface area (Å²) in [7, 11) is 0. The maximum atomic E-state index is 13.0. The van der Waals surface area contributed by atoms with Crippen LogP contribution in [-0.4, -0.2) is 58.6 Å². The Labute approximate surface area is 196 Å². The lowest BCUT2D eigenvalue weighted by molar-refractivity contribution is -0.140. The van der Waals surface area contributed by atoms with Crippen LogP contribution in [0.4, 0.5) is 17.3 Å². The molecule has 0 aromatic carbocycles. The van der Waals surface area contributed by atoms with Gasteiger partial charge in [-0.05, 0) is 37.8 Å². The third-order valence-corrected chi connectivity index (χ3v) is 7.80. The number of anilines is 3. The zero-order valence-corrected chi connectivity index (χ0v) is 19.4. The zero-order chi connectivity index (χ0) is 22.4. The van der Waals surface area contributed by atoms with Crippen molar-refractivity contribution in [3.05, 3.63) is 40.2 Å². The van der Waals surface area contributed by atoms with Crippen LogP contribution in [0.5, 0.6) is 0 Å². The number of nitrogens with zero attached hydrogens (tertiary/aromatic N) is 4. The summed E-state index contributed by atoms with van der Waals surface area (Å²) in [5.41, 5.74) is 4.54. The molecule has 0 radical (unpaired) electrons. The van der Waals surface area contributed by atoms with Crippen molar-refractivity contribution in [2.24, 2.45) is 5.92 Å². The highest BCUT2D eigenvalue weighted by atomic mass is 32.1. The number of hydrogen-bond donors (Lipinski definition) is 2. The molecule has 5 heterocycles. The molecular weight excluding hydrogens is 436 g/mol. The standard InChI is InChI=1S/C24H26N6O2S/c1-14-8-16-9-17(12-26-21(16)25-11-14)29-22-20-18-3-2-15(24(31)30-4-6-32-7-5-30)10-19(18)33-23(20)28-13-27-22/h8-9,12-13,15H,2-7,10-11H2,1H3,(H,25,26)(H,27,28,29). The Balaban J connectivity index is 1.28. The molecule has 1 amide bonds. The average molecular weight is 463 g/mol. The predicted octanol–water partition coefficient (Wildman–Crippen LogP) is 3.62. The van der Waals surface area contributed by atoms with E-state index in [1.807, 2.05) is 11.1 Å². The highest BCUT2D eigenvalue weighted by molar-refractivity contribution is 7.19. The van der Waals surface area contributed by atoms with Gasteiger partial charge < -0.3 is 20.3 Å². The van der Waals surface area contributed by atoms with Crippen LogP contribution in [0.2, 0.25) is 0 Å². The van der Waals surface area contributed by atoms with Gasteiger partial charge in [-0.3, -0.25) is 4.79 Å².